The van der Waals surface area contributed by atoms with Gasteiger partial charge in [0.2, 0.25) is 5.91 Å². The number of amides is 1. The van der Waals surface area contributed by atoms with Gasteiger partial charge in [-0.2, -0.15) is 5.10 Å². The first-order valence-electron chi connectivity index (χ1n) is 7.72. The lowest BCUT2D eigenvalue weighted by atomic mass is 9.98. The molecule has 1 aromatic rings. The molecular formula is C15H25N5O. The number of likely N-dealkylation sites (tertiary alicyclic amines) is 1. The smallest absolute Gasteiger partial charge is 0.239 e. The van der Waals surface area contributed by atoms with E-state index in [9.17, 15) is 4.79 Å². The van der Waals surface area contributed by atoms with Crippen LogP contribution >= 0.6 is 0 Å². The second-order valence-electron chi connectivity index (χ2n) is 5.79. The third-order valence-corrected chi connectivity index (χ3v) is 3.98. The summed E-state index contributed by atoms with van der Waals surface area (Å²) < 4.78 is 0. The standard InChI is InChI=1S/C15H25N5O/c1-12-6-10-20(11-7-12)15(21)13(16)4-2-8-17-14-5-3-9-18-19-14/h3,5,9,12-13H,2,4,6-8,10-11,16H2,1H3,(H,17,19)/t13-/m0/s1. The van der Waals surface area contributed by atoms with E-state index in [-0.39, 0.29) is 11.9 Å². The Bertz CT molecular complexity index is 431. The molecule has 1 aliphatic rings. The second kappa shape index (κ2) is 7.93. The minimum absolute atomic E-state index is 0.0985. The molecule has 2 heterocycles. The number of nitrogens with zero attached hydrogens (tertiary/aromatic N) is 3. The molecule has 0 unspecified atom stereocenters. The van der Waals surface area contributed by atoms with Crippen molar-refractivity contribution in [3.63, 3.8) is 0 Å². The highest BCUT2D eigenvalue weighted by Crippen LogP contribution is 2.17. The van der Waals surface area contributed by atoms with E-state index >= 15 is 0 Å². The highest BCUT2D eigenvalue weighted by atomic mass is 16.2. The van der Waals surface area contributed by atoms with Crippen LogP contribution in [0.1, 0.15) is 32.6 Å². The molecule has 6 heteroatoms. The van der Waals surface area contributed by atoms with Crippen molar-refractivity contribution in [1.82, 2.24) is 15.1 Å². The van der Waals surface area contributed by atoms with Crippen molar-refractivity contribution in [2.24, 2.45) is 11.7 Å². The Morgan fingerprint density at radius 2 is 2.29 bits per heavy atom. The number of nitrogens with one attached hydrogen (secondary N) is 1. The third kappa shape index (κ3) is 4.97. The van der Waals surface area contributed by atoms with Crippen molar-refractivity contribution in [3.8, 4) is 0 Å². The molecule has 2 rings (SSSR count). The van der Waals surface area contributed by atoms with E-state index < -0.39 is 0 Å². The lowest BCUT2D eigenvalue weighted by Crippen LogP contribution is -2.47. The first-order chi connectivity index (χ1) is 10.2. The highest BCUT2D eigenvalue weighted by molar-refractivity contribution is 5.81. The Hall–Kier alpha value is -1.69. The number of piperidine rings is 1. The van der Waals surface area contributed by atoms with E-state index in [1.165, 1.54) is 0 Å². The van der Waals surface area contributed by atoms with Crippen molar-refractivity contribution in [2.45, 2.75) is 38.6 Å². The number of hydrogen-bond donors (Lipinski definition) is 2. The zero-order valence-corrected chi connectivity index (χ0v) is 12.7. The summed E-state index contributed by atoms with van der Waals surface area (Å²) in [6, 6.07) is 3.32. The molecule has 0 bridgehead atoms. The molecule has 1 fully saturated rings. The average Bonchev–Trinajstić information content (AvgIpc) is 2.52. The molecule has 3 N–H and O–H groups in total. The fourth-order valence-corrected chi connectivity index (χ4v) is 2.52. The number of nitrogens with two attached hydrogens (primary N) is 1. The fraction of sp³-hybridized carbons (Fsp3) is 0.667. The van der Waals surface area contributed by atoms with Gasteiger partial charge in [0.05, 0.1) is 6.04 Å². The van der Waals surface area contributed by atoms with Crippen LogP contribution in [0.3, 0.4) is 0 Å². The van der Waals surface area contributed by atoms with Crippen LogP contribution < -0.4 is 11.1 Å². The average molecular weight is 291 g/mol. The third-order valence-electron chi connectivity index (χ3n) is 3.98. The van der Waals surface area contributed by atoms with E-state index in [0.717, 1.165) is 50.6 Å². The largest absolute Gasteiger partial charge is 0.369 e. The summed E-state index contributed by atoms with van der Waals surface area (Å²) in [6.45, 7) is 4.69. The predicted molar refractivity (Wildman–Crippen MR) is 82.7 cm³/mol. The van der Waals surface area contributed by atoms with Crippen LogP contribution in [0.5, 0.6) is 0 Å². The van der Waals surface area contributed by atoms with Gasteiger partial charge < -0.3 is 16.0 Å². The molecule has 0 aromatic carbocycles. The molecule has 6 nitrogen and oxygen atoms in total. The summed E-state index contributed by atoms with van der Waals surface area (Å²) in [5.74, 6) is 1.57. The topological polar surface area (TPSA) is 84.1 Å². The lowest BCUT2D eigenvalue weighted by Gasteiger charge is -2.32. The summed E-state index contributed by atoms with van der Waals surface area (Å²) in [6.07, 6.45) is 5.35. The van der Waals surface area contributed by atoms with Gasteiger partial charge in [-0.15, -0.1) is 5.10 Å². The number of anilines is 1. The lowest BCUT2D eigenvalue weighted by molar-refractivity contribution is -0.134. The van der Waals surface area contributed by atoms with E-state index in [0.29, 0.717) is 6.42 Å². The van der Waals surface area contributed by atoms with Gasteiger partial charge in [0.15, 0.2) is 0 Å². The van der Waals surface area contributed by atoms with Crippen LogP contribution in [0.2, 0.25) is 0 Å². The minimum Gasteiger partial charge on any atom is -0.369 e. The fourth-order valence-electron chi connectivity index (χ4n) is 2.52. The zero-order valence-electron chi connectivity index (χ0n) is 12.7. The molecule has 0 radical (unpaired) electrons. The van der Waals surface area contributed by atoms with Crippen LogP contribution in [0.4, 0.5) is 5.82 Å². The van der Waals surface area contributed by atoms with E-state index in [1.54, 1.807) is 6.20 Å². The monoisotopic (exact) mass is 291 g/mol. The van der Waals surface area contributed by atoms with Crippen molar-refractivity contribution in [3.05, 3.63) is 18.3 Å². The molecule has 1 aliphatic heterocycles. The van der Waals surface area contributed by atoms with E-state index in [1.807, 2.05) is 17.0 Å². The normalized spacial score (nSPS) is 17.5. The Balaban J connectivity index is 1.64. The summed E-state index contributed by atoms with van der Waals surface area (Å²) in [5, 5.41) is 10.9. The molecule has 1 aromatic heterocycles. The summed E-state index contributed by atoms with van der Waals surface area (Å²) >= 11 is 0. The molecule has 0 aliphatic carbocycles. The Kier molecular flexibility index (Phi) is 5.92. The van der Waals surface area contributed by atoms with Gasteiger partial charge in [-0.3, -0.25) is 4.79 Å². The number of aromatic nitrogens is 2. The molecule has 1 amide bonds. The number of carbonyl (C=O) groups excluding carboxylic acids is 1. The maximum atomic E-state index is 12.2. The predicted octanol–water partition coefficient (Wildman–Crippen LogP) is 1.25. The van der Waals surface area contributed by atoms with Crippen LogP contribution in [0, 0.1) is 5.92 Å². The molecule has 21 heavy (non-hydrogen) atoms. The molecule has 0 saturated carbocycles. The Morgan fingerprint density at radius 3 is 2.95 bits per heavy atom. The number of rotatable bonds is 6. The number of carbonyl (C=O) groups is 1. The van der Waals surface area contributed by atoms with Gasteiger partial charge in [0.1, 0.15) is 5.82 Å². The minimum atomic E-state index is -0.387. The molecule has 116 valence electrons. The first kappa shape index (κ1) is 15.7. The van der Waals surface area contributed by atoms with E-state index in [2.05, 4.69) is 22.4 Å². The SMILES string of the molecule is CC1CCN(C(=O)[C@@H](N)CCCNc2cccnn2)CC1. The van der Waals surface area contributed by atoms with Crippen molar-refractivity contribution >= 4 is 11.7 Å². The van der Waals surface area contributed by atoms with Gasteiger partial charge in [-0.05, 0) is 43.7 Å². The van der Waals surface area contributed by atoms with Crippen LogP contribution in [-0.2, 0) is 4.79 Å². The summed E-state index contributed by atoms with van der Waals surface area (Å²) in [4.78, 5) is 14.1. The van der Waals surface area contributed by atoms with Gasteiger partial charge in [0.25, 0.3) is 0 Å². The molecule has 1 saturated heterocycles. The van der Waals surface area contributed by atoms with Crippen molar-refractivity contribution in [1.29, 1.82) is 0 Å². The van der Waals surface area contributed by atoms with Gasteiger partial charge in [-0.1, -0.05) is 6.92 Å². The quantitative estimate of drug-likeness (QED) is 0.771. The Morgan fingerprint density at radius 1 is 1.52 bits per heavy atom. The van der Waals surface area contributed by atoms with E-state index in [4.69, 9.17) is 5.73 Å². The number of hydrogen-bond acceptors (Lipinski definition) is 5. The van der Waals surface area contributed by atoms with Crippen molar-refractivity contribution < 1.29 is 4.79 Å². The van der Waals surface area contributed by atoms with Crippen molar-refractivity contribution in [2.75, 3.05) is 25.0 Å². The Labute approximate surface area is 126 Å². The first-order valence-corrected chi connectivity index (χ1v) is 7.72. The molecule has 1 atom stereocenters. The molecule has 0 spiro atoms. The van der Waals surface area contributed by atoms with Crippen LogP contribution in [0.15, 0.2) is 18.3 Å². The maximum absolute atomic E-state index is 12.2. The van der Waals surface area contributed by atoms with Gasteiger partial charge in [-0.25, -0.2) is 0 Å². The van der Waals surface area contributed by atoms with Gasteiger partial charge >= 0.3 is 0 Å². The molecular weight excluding hydrogens is 266 g/mol. The van der Waals surface area contributed by atoms with Crippen LogP contribution in [-0.4, -0.2) is 46.7 Å². The maximum Gasteiger partial charge on any atom is 0.239 e. The highest BCUT2D eigenvalue weighted by Gasteiger charge is 2.24. The second-order valence-corrected chi connectivity index (χ2v) is 5.79. The summed E-state index contributed by atoms with van der Waals surface area (Å²) in [7, 11) is 0. The van der Waals surface area contributed by atoms with Crippen LogP contribution in [0.25, 0.3) is 0 Å². The zero-order chi connectivity index (χ0) is 15.1. The summed E-state index contributed by atoms with van der Waals surface area (Å²) in [5.41, 5.74) is 6.02. The van der Waals surface area contributed by atoms with Gasteiger partial charge in [0, 0.05) is 25.8 Å².